The van der Waals surface area contributed by atoms with Crippen molar-refractivity contribution in [3.8, 4) is 0 Å². The molecule has 0 amide bonds. The second-order valence-electron chi connectivity index (χ2n) is 5.66. The largest absolute Gasteiger partial charge is 0.481 e. The first-order valence-corrected chi connectivity index (χ1v) is 7.01. The molecule has 3 rings (SSSR count). The third-order valence-electron chi connectivity index (χ3n) is 4.27. The highest BCUT2D eigenvalue weighted by molar-refractivity contribution is 5.75. The molecular formula is C13H20N4O2. The highest BCUT2D eigenvalue weighted by Crippen LogP contribution is 2.30. The summed E-state index contributed by atoms with van der Waals surface area (Å²) in [5.74, 6) is 0.664. The monoisotopic (exact) mass is 264 g/mol. The van der Waals surface area contributed by atoms with E-state index in [0.717, 1.165) is 44.7 Å². The van der Waals surface area contributed by atoms with Crippen LogP contribution < -0.4 is 0 Å². The Kier molecular flexibility index (Phi) is 3.26. The molecule has 0 aromatic carbocycles. The number of fused-ring (bicyclic) bond motifs is 1. The van der Waals surface area contributed by atoms with E-state index >= 15 is 0 Å². The van der Waals surface area contributed by atoms with Crippen LogP contribution in [-0.4, -0.2) is 50.9 Å². The Labute approximate surface area is 112 Å². The summed E-state index contributed by atoms with van der Waals surface area (Å²) in [5.41, 5.74) is 0. The van der Waals surface area contributed by atoms with Crippen LogP contribution in [0.15, 0.2) is 0 Å². The van der Waals surface area contributed by atoms with Gasteiger partial charge < -0.3 is 10.0 Å². The zero-order chi connectivity index (χ0) is 13.4. The van der Waals surface area contributed by atoms with Gasteiger partial charge in [-0.3, -0.25) is 4.79 Å². The van der Waals surface area contributed by atoms with Crippen molar-refractivity contribution in [2.75, 3.05) is 20.1 Å². The molecule has 1 aromatic rings. The van der Waals surface area contributed by atoms with Crippen LogP contribution >= 0.6 is 0 Å². The van der Waals surface area contributed by atoms with Crippen molar-refractivity contribution >= 4 is 5.97 Å². The summed E-state index contributed by atoms with van der Waals surface area (Å²) in [6.07, 6.45) is 3.69. The number of hydrogen-bond donors (Lipinski definition) is 1. The maximum absolute atomic E-state index is 11.3. The van der Waals surface area contributed by atoms with Gasteiger partial charge >= 0.3 is 5.97 Å². The third kappa shape index (κ3) is 2.36. The molecule has 1 atom stereocenters. The number of nitrogens with zero attached hydrogens (tertiary/aromatic N) is 4. The number of likely N-dealkylation sites (tertiary alicyclic amines) is 1. The minimum atomic E-state index is -0.775. The lowest BCUT2D eigenvalue weighted by atomic mass is 9.96. The first kappa shape index (κ1) is 12.6. The molecule has 0 spiro atoms. The van der Waals surface area contributed by atoms with E-state index in [-0.39, 0.29) is 0 Å². The predicted molar refractivity (Wildman–Crippen MR) is 69.1 cm³/mol. The maximum atomic E-state index is 11.3. The second-order valence-corrected chi connectivity index (χ2v) is 5.66. The number of carboxylic acids is 1. The summed E-state index contributed by atoms with van der Waals surface area (Å²) in [6, 6.07) is 0. The van der Waals surface area contributed by atoms with E-state index in [4.69, 9.17) is 0 Å². The number of hydrogen-bond acceptors (Lipinski definition) is 4. The minimum Gasteiger partial charge on any atom is -0.481 e. The first-order chi connectivity index (χ1) is 9.15. The van der Waals surface area contributed by atoms with Crippen molar-refractivity contribution in [1.82, 2.24) is 19.7 Å². The smallest absolute Gasteiger partial charge is 0.314 e. The van der Waals surface area contributed by atoms with Gasteiger partial charge in [0.15, 0.2) is 5.82 Å². The minimum absolute atomic E-state index is 0.392. The van der Waals surface area contributed by atoms with Crippen LogP contribution in [0, 0.1) is 0 Å². The van der Waals surface area contributed by atoms with Crippen molar-refractivity contribution in [2.24, 2.45) is 0 Å². The molecule has 1 aromatic heterocycles. The zero-order valence-electron chi connectivity index (χ0n) is 11.2. The number of carboxylic acid groups (broad SMARTS) is 1. The topological polar surface area (TPSA) is 71.2 Å². The second kappa shape index (κ2) is 4.92. The number of rotatable bonds is 2. The molecule has 1 unspecified atom stereocenters. The fraction of sp³-hybridized carbons (Fsp3) is 0.769. The lowest BCUT2D eigenvalue weighted by Gasteiger charge is -2.27. The van der Waals surface area contributed by atoms with E-state index in [0.29, 0.717) is 18.2 Å². The third-order valence-corrected chi connectivity index (χ3v) is 4.27. The lowest BCUT2D eigenvalue weighted by Crippen LogP contribution is -2.29. The number of piperidine rings is 1. The lowest BCUT2D eigenvalue weighted by molar-refractivity contribution is -0.139. The number of aryl methyl sites for hydroxylation is 1. The van der Waals surface area contributed by atoms with Gasteiger partial charge in [-0.1, -0.05) is 0 Å². The van der Waals surface area contributed by atoms with E-state index in [1.807, 2.05) is 4.68 Å². The molecule has 1 N–H and O–H groups in total. The molecule has 2 aliphatic rings. The summed E-state index contributed by atoms with van der Waals surface area (Å²) in [7, 11) is 2.13. The molecule has 0 bridgehead atoms. The van der Waals surface area contributed by atoms with Gasteiger partial charge in [0.1, 0.15) is 11.7 Å². The Balaban J connectivity index is 1.83. The van der Waals surface area contributed by atoms with E-state index in [1.165, 1.54) is 0 Å². The van der Waals surface area contributed by atoms with Gasteiger partial charge in [-0.2, -0.15) is 5.10 Å². The Morgan fingerprint density at radius 2 is 2.00 bits per heavy atom. The van der Waals surface area contributed by atoms with Crippen LogP contribution in [0.5, 0.6) is 0 Å². The van der Waals surface area contributed by atoms with Crippen molar-refractivity contribution in [1.29, 1.82) is 0 Å². The Morgan fingerprint density at radius 3 is 2.68 bits per heavy atom. The van der Waals surface area contributed by atoms with Gasteiger partial charge in [0, 0.05) is 12.5 Å². The van der Waals surface area contributed by atoms with E-state index in [1.54, 1.807) is 0 Å². The van der Waals surface area contributed by atoms with Crippen LogP contribution in [0.2, 0.25) is 0 Å². The average molecular weight is 264 g/mol. The van der Waals surface area contributed by atoms with Crippen LogP contribution in [0.25, 0.3) is 0 Å². The zero-order valence-corrected chi connectivity index (χ0v) is 11.2. The Hall–Kier alpha value is -1.43. The summed E-state index contributed by atoms with van der Waals surface area (Å²) < 4.78 is 1.82. The van der Waals surface area contributed by atoms with Crippen LogP contribution in [0.1, 0.15) is 49.2 Å². The highest BCUT2D eigenvalue weighted by Gasteiger charge is 2.32. The molecule has 1 fully saturated rings. The summed E-state index contributed by atoms with van der Waals surface area (Å²) in [6.45, 7) is 2.94. The van der Waals surface area contributed by atoms with Gasteiger partial charge in [0.25, 0.3) is 0 Å². The van der Waals surface area contributed by atoms with Crippen LogP contribution in [0.4, 0.5) is 0 Å². The Bertz CT molecular complexity index is 477. The molecular weight excluding hydrogens is 244 g/mol. The predicted octanol–water partition coefficient (Wildman–Crippen LogP) is 1.05. The van der Waals surface area contributed by atoms with Crippen LogP contribution in [-0.2, 0) is 11.3 Å². The molecule has 6 heteroatoms. The molecule has 0 aliphatic carbocycles. The van der Waals surface area contributed by atoms with E-state index in [9.17, 15) is 9.90 Å². The molecule has 104 valence electrons. The Morgan fingerprint density at radius 1 is 1.26 bits per heavy atom. The van der Waals surface area contributed by atoms with E-state index < -0.39 is 11.9 Å². The van der Waals surface area contributed by atoms with Gasteiger partial charge in [-0.15, -0.1) is 0 Å². The summed E-state index contributed by atoms with van der Waals surface area (Å²) in [5, 5.41) is 13.8. The molecule has 6 nitrogen and oxygen atoms in total. The van der Waals surface area contributed by atoms with E-state index in [2.05, 4.69) is 22.0 Å². The van der Waals surface area contributed by atoms with Crippen molar-refractivity contribution in [3.63, 3.8) is 0 Å². The van der Waals surface area contributed by atoms with Gasteiger partial charge in [-0.05, 0) is 45.8 Å². The average Bonchev–Trinajstić information content (AvgIpc) is 2.82. The first-order valence-electron chi connectivity index (χ1n) is 7.01. The van der Waals surface area contributed by atoms with Gasteiger partial charge in [0.05, 0.1) is 0 Å². The van der Waals surface area contributed by atoms with Crippen LogP contribution in [0.3, 0.4) is 0 Å². The standard InChI is InChI=1S/C13H20N4O2/c1-16-7-4-9(5-8-16)11-14-12-10(13(18)19)3-2-6-17(12)15-11/h9-10H,2-8H2,1H3,(H,18,19). The molecule has 3 heterocycles. The van der Waals surface area contributed by atoms with Gasteiger partial charge in [-0.25, -0.2) is 9.67 Å². The van der Waals surface area contributed by atoms with Gasteiger partial charge in [0.2, 0.25) is 0 Å². The quantitative estimate of drug-likeness (QED) is 0.864. The fourth-order valence-corrected chi connectivity index (χ4v) is 3.04. The summed E-state index contributed by atoms with van der Waals surface area (Å²) >= 11 is 0. The molecule has 0 saturated carbocycles. The van der Waals surface area contributed by atoms with Crippen molar-refractivity contribution in [2.45, 2.75) is 44.1 Å². The molecule has 19 heavy (non-hydrogen) atoms. The molecule has 0 radical (unpaired) electrons. The van der Waals surface area contributed by atoms with Crippen molar-refractivity contribution in [3.05, 3.63) is 11.6 Å². The maximum Gasteiger partial charge on any atom is 0.314 e. The highest BCUT2D eigenvalue weighted by atomic mass is 16.4. The SMILES string of the molecule is CN1CCC(c2nc3n(n2)CCCC3C(=O)O)CC1. The molecule has 2 aliphatic heterocycles. The normalized spacial score (nSPS) is 25.2. The number of aromatic nitrogens is 3. The molecule has 1 saturated heterocycles. The fourth-order valence-electron chi connectivity index (χ4n) is 3.04. The van der Waals surface area contributed by atoms with Crippen molar-refractivity contribution < 1.29 is 9.90 Å². The number of carbonyl (C=O) groups is 1. The summed E-state index contributed by atoms with van der Waals surface area (Å²) in [4.78, 5) is 18.1. The number of aliphatic carboxylic acids is 1.